The molecule has 168 valence electrons. The van der Waals surface area contributed by atoms with Crippen LogP contribution in [0.25, 0.3) is 11.0 Å². The van der Waals surface area contributed by atoms with Crippen molar-refractivity contribution in [2.24, 2.45) is 0 Å². The maximum atomic E-state index is 15.0. The fraction of sp³-hybridized carbons (Fsp3) is 0.286. The van der Waals surface area contributed by atoms with Gasteiger partial charge in [-0.05, 0) is 0 Å². The quantitative estimate of drug-likeness (QED) is 0.664. The molecule has 3 aromatic rings. The second kappa shape index (κ2) is 7.91. The summed E-state index contributed by atoms with van der Waals surface area (Å²) in [4.78, 5) is 36.4. The molecule has 1 aliphatic rings. The first-order chi connectivity index (χ1) is 15.2. The van der Waals surface area contributed by atoms with Gasteiger partial charge in [0, 0.05) is 56.5 Å². The van der Waals surface area contributed by atoms with Crippen molar-refractivity contribution in [1.82, 2.24) is 14.9 Å². The second-order valence-electron chi connectivity index (χ2n) is 7.38. The van der Waals surface area contributed by atoms with Crippen molar-refractivity contribution in [2.75, 3.05) is 45.2 Å². The number of benzene rings is 1. The average Bonchev–Trinajstić information content (AvgIpc) is 3.18. The van der Waals surface area contributed by atoms with Crippen LogP contribution in [0, 0.1) is 5.82 Å². The Bertz CT molecular complexity index is 1230. The van der Waals surface area contributed by atoms with Gasteiger partial charge in [0.15, 0.2) is 11.6 Å². The molecular formula is C21H22FN5O5. The highest BCUT2D eigenvalue weighted by atomic mass is 19.1. The molecule has 0 atom stereocenters. The van der Waals surface area contributed by atoms with E-state index in [-0.39, 0.29) is 23.9 Å². The van der Waals surface area contributed by atoms with Crippen molar-refractivity contribution in [3.05, 3.63) is 35.8 Å². The van der Waals surface area contributed by atoms with Gasteiger partial charge in [-0.15, -0.1) is 0 Å². The second-order valence-corrected chi connectivity index (χ2v) is 7.38. The number of urea groups is 1. The number of aromatic nitrogens is 2. The number of aromatic amines is 1. The number of fused-ring (bicyclic) bond motifs is 3. The zero-order chi connectivity index (χ0) is 23.2. The number of amides is 3. The molecule has 1 aromatic carbocycles. The van der Waals surface area contributed by atoms with Gasteiger partial charge in [-0.2, -0.15) is 0 Å². The highest BCUT2D eigenvalue weighted by Gasteiger charge is 2.34. The third-order valence-electron chi connectivity index (χ3n) is 5.16. The van der Waals surface area contributed by atoms with Gasteiger partial charge in [0.25, 0.3) is 0 Å². The van der Waals surface area contributed by atoms with E-state index in [0.29, 0.717) is 28.0 Å². The van der Waals surface area contributed by atoms with E-state index in [1.807, 2.05) is 0 Å². The largest absolute Gasteiger partial charge is 0.497 e. The van der Waals surface area contributed by atoms with Gasteiger partial charge in [-0.3, -0.25) is 9.80 Å². The van der Waals surface area contributed by atoms with Crippen molar-refractivity contribution in [3.8, 4) is 17.4 Å². The maximum Gasteiger partial charge on any atom is 0.415 e. The van der Waals surface area contributed by atoms with Crippen molar-refractivity contribution in [2.45, 2.75) is 6.54 Å². The van der Waals surface area contributed by atoms with Crippen molar-refractivity contribution in [1.29, 1.82) is 0 Å². The number of hydrogen-bond acceptors (Lipinski definition) is 6. The fourth-order valence-electron chi connectivity index (χ4n) is 3.55. The Balaban J connectivity index is 1.77. The Morgan fingerprint density at radius 1 is 1.22 bits per heavy atom. The van der Waals surface area contributed by atoms with Gasteiger partial charge >= 0.3 is 12.1 Å². The number of ether oxygens (including phenoxy) is 3. The van der Waals surface area contributed by atoms with E-state index in [9.17, 15) is 9.59 Å². The molecule has 2 aromatic heterocycles. The molecular weight excluding hydrogens is 421 g/mol. The molecule has 32 heavy (non-hydrogen) atoms. The van der Waals surface area contributed by atoms with Gasteiger partial charge in [0.1, 0.15) is 11.4 Å². The molecule has 10 nitrogen and oxygen atoms in total. The van der Waals surface area contributed by atoms with Gasteiger partial charge in [0.2, 0.25) is 5.88 Å². The van der Waals surface area contributed by atoms with Crippen LogP contribution in [-0.4, -0.2) is 62.4 Å². The minimum Gasteiger partial charge on any atom is -0.497 e. The lowest BCUT2D eigenvalue weighted by molar-refractivity contribution is 0.170. The number of nitrogens with one attached hydrogen (secondary N) is 1. The summed E-state index contributed by atoms with van der Waals surface area (Å²) < 4.78 is 30.6. The Hall–Kier alpha value is -4.02. The summed E-state index contributed by atoms with van der Waals surface area (Å²) in [5.41, 5.74) is 1.76. The fourth-order valence-corrected chi connectivity index (χ4v) is 3.55. The SMILES string of the molecule is COc1cc(OC)c(F)c(N2Cc3cnc4[nH]c(OC(=O)N(C)C)cc4c3N(C)C2=O)c1. The van der Waals surface area contributed by atoms with Crippen molar-refractivity contribution in [3.63, 3.8) is 0 Å². The van der Waals surface area contributed by atoms with Crippen LogP contribution in [0.1, 0.15) is 5.56 Å². The normalized spacial score (nSPS) is 13.2. The van der Waals surface area contributed by atoms with Gasteiger partial charge in [-0.1, -0.05) is 0 Å². The zero-order valence-electron chi connectivity index (χ0n) is 18.2. The van der Waals surface area contributed by atoms with E-state index in [2.05, 4.69) is 9.97 Å². The van der Waals surface area contributed by atoms with E-state index in [1.165, 1.54) is 41.1 Å². The van der Waals surface area contributed by atoms with Crippen LogP contribution in [0.15, 0.2) is 24.4 Å². The van der Waals surface area contributed by atoms with E-state index in [1.54, 1.807) is 33.4 Å². The lowest BCUT2D eigenvalue weighted by Gasteiger charge is -2.35. The van der Waals surface area contributed by atoms with Crippen LogP contribution in [0.4, 0.5) is 25.4 Å². The van der Waals surface area contributed by atoms with Crippen LogP contribution in [0.3, 0.4) is 0 Å². The molecule has 4 rings (SSSR count). The smallest absolute Gasteiger partial charge is 0.415 e. The van der Waals surface area contributed by atoms with E-state index in [4.69, 9.17) is 14.2 Å². The van der Waals surface area contributed by atoms with Crippen LogP contribution in [-0.2, 0) is 6.54 Å². The number of halogens is 1. The number of H-pyrrole nitrogens is 1. The van der Waals surface area contributed by atoms with E-state index in [0.717, 1.165) is 0 Å². The van der Waals surface area contributed by atoms with Crippen molar-refractivity contribution >= 4 is 34.5 Å². The summed E-state index contributed by atoms with van der Waals surface area (Å²) in [7, 11) is 7.51. The Kier molecular flexibility index (Phi) is 5.25. The van der Waals surface area contributed by atoms with E-state index >= 15 is 4.39 Å². The van der Waals surface area contributed by atoms with Gasteiger partial charge in [-0.25, -0.2) is 19.0 Å². The Labute approximate surface area is 183 Å². The molecule has 3 amide bonds. The summed E-state index contributed by atoms with van der Waals surface area (Å²) in [6.45, 7) is 0.0761. The predicted octanol–water partition coefficient (Wildman–Crippen LogP) is 3.36. The predicted molar refractivity (Wildman–Crippen MR) is 115 cm³/mol. The molecule has 0 aliphatic carbocycles. The van der Waals surface area contributed by atoms with Crippen LogP contribution >= 0.6 is 0 Å². The Morgan fingerprint density at radius 2 is 1.97 bits per heavy atom. The Morgan fingerprint density at radius 3 is 2.62 bits per heavy atom. The third-order valence-corrected chi connectivity index (χ3v) is 5.16. The molecule has 0 unspecified atom stereocenters. The number of anilines is 2. The molecule has 1 aliphatic heterocycles. The number of carbonyl (C=O) groups is 2. The molecule has 0 spiro atoms. The first kappa shape index (κ1) is 21.2. The molecule has 1 N–H and O–H groups in total. The number of rotatable bonds is 4. The third kappa shape index (κ3) is 3.41. The monoisotopic (exact) mass is 443 g/mol. The summed E-state index contributed by atoms with van der Waals surface area (Å²) >= 11 is 0. The highest BCUT2D eigenvalue weighted by Crippen LogP contribution is 2.40. The lowest BCUT2D eigenvalue weighted by atomic mass is 10.1. The number of pyridine rings is 1. The standard InChI is InChI=1S/C21H22FN5O5/c1-25(2)21(29)32-16-8-13-18-11(9-23-19(13)24-16)10-27(20(28)26(18)3)14-6-12(30-4)7-15(31-5)17(14)22/h6-9H,10H2,1-5H3,(H,23,24). The minimum atomic E-state index is -0.674. The maximum absolute atomic E-state index is 15.0. The summed E-state index contributed by atoms with van der Waals surface area (Å²) in [6, 6.07) is 4.01. The number of carbonyl (C=O) groups excluding carboxylic acids is 2. The average molecular weight is 443 g/mol. The first-order valence-electron chi connectivity index (χ1n) is 9.61. The minimum absolute atomic E-state index is 0.0264. The molecule has 0 bridgehead atoms. The number of nitrogens with zero attached hydrogens (tertiary/aromatic N) is 4. The summed E-state index contributed by atoms with van der Waals surface area (Å²) in [5, 5.41) is 0.600. The molecule has 3 heterocycles. The number of hydrogen-bond donors (Lipinski definition) is 1. The van der Waals surface area contributed by atoms with Gasteiger partial charge < -0.3 is 24.1 Å². The van der Waals surface area contributed by atoms with Crippen LogP contribution in [0.2, 0.25) is 0 Å². The van der Waals surface area contributed by atoms with Gasteiger partial charge in [0.05, 0.1) is 32.1 Å². The zero-order valence-corrected chi connectivity index (χ0v) is 18.2. The molecule has 0 radical (unpaired) electrons. The van der Waals surface area contributed by atoms with Crippen molar-refractivity contribution < 1.29 is 28.2 Å². The lowest BCUT2D eigenvalue weighted by Crippen LogP contribution is -2.45. The number of methoxy groups -OCH3 is 2. The highest BCUT2D eigenvalue weighted by molar-refractivity contribution is 6.11. The topological polar surface area (TPSA) is 100 Å². The molecule has 0 saturated heterocycles. The molecule has 0 saturated carbocycles. The van der Waals surface area contributed by atoms with Crippen LogP contribution in [0.5, 0.6) is 17.4 Å². The molecule has 11 heteroatoms. The van der Waals surface area contributed by atoms with Crippen LogP contribution < -0.4 is 24.0 Å². The molecule has 0 fully saturated rings. The first-order valence-corrected chi connectivity index (χ1v) is 9.61. The van der Waals surface area contributed by atoms with E-state index < -0.39 is 17.9 Å². The summed E-state index contributed by atoms with van der Waals surface area (Å²) in [5.74, 6) is -0.156. The summed E-state index contributed by atoms with van der Waals surface area (Å²) in [6.07, 6.45) is 1.04.